The first-order valence-electron chi connectivity index (χ1n) is 5.72. The van der Waals surface area contributed by atoms with Crippen molar-refractivity contribution in [1.29, 1.82) is 0 Å². The zero-order chi connectivity index (χ0) is 12.6. The molecule has 17 heavy (non-hydrogen) atoms. The Kier molecular flexibility index (Phi) is 3.06. The molecule has 2 heterocycles. The Hall–Kier alpha value is -1.56. The Morgan fingerprint density at radius 3 is 2.88 bits per heavy atom. The van der Waals surface area contributed by atoms with Gasteiger partial charge in [-0.2, -0.15) is 0 Å². The summed E-state index contributed by atoms with van der Waals surface area (Å²) in [7, 11) is 0. The molecule has 1 aromatic heterocycles. The fourth-order valence-corrected chi connectivity index (χ4v) is 2.23. The van der Waals surface area contributed by atoms with Crippen LogP contribution in [0.25, 0.3) is 0 Å². The van der Waals surface area contributed by atoms with Gasteiger partial charge in [0.1, 0.15) is 6.23 Å². The van der Waals surface area contributed by atoms with Crippen LogP contribution in [0.2, 0.25) is 0 Å². The summed E-state index contributed by atoms with van der Waals surface area (Å²) in [5.74, 6) is -0.119. The van der Waals surface area contributed by atoms with E-state index in [2.05, 4.69) is 11.9 Å². The number of nitrogens with zero attached hydrogens (tertiary/aromatic N) is 1. The van der Waals surface area contributed by atoms with Crippen molar-refractivity contribution in [3.63, 3.8) is 0 Å². The number of aromatic amines is 1. The van der Waals surface area contributed by atoms with Gasteiger partial charge in [-0.3, -0.25) is 14.3 Å². The fraction of sp³-hybridized carbons (Fsp3) is 0.636. The SMILES string of the molecule is CC[C@H]1O[C@@H](n2cc(O)c(=O)[nH]c2=O)CC1C. The van der Waals surface area contributed by atoms with Crippen molar-refractivity contribution in [3.8, 4) is 5.75 Å². The highest BCUT2D eigenvalue weighted by atomic mass is 16.5. The number of H-pyrrole nitrogens is 1. The molecule has 0 aromatic carbocycles. The molecule has 2 N–H and O–H groups in total. The van der Waals surface area contributed by atoms with Crippen LogP contribution in [0.5, 0.6) is 5.75 Å². The van der Waals surface area contributed by atoms with E-state index in [-0.39, 0.29) is 6.10 Å². The first-order valence-corrected chi connectivity index (χ1v) is 5.72. The molecule has 1 aliphatic heterocycles. The monoisotopic (exact) mass is 240 g/mol. The molecule has 1 aliphatic rings. The van der Waals surface area contributed by atoms with Crippen LogP contribution in [0.4, 0.5) is 0 Å². The van der Waals surface area contributed by atoms with Crippen LogP contribution in [0, 0.1) is 5.92 Å². The highest BCUT2D eigenvalue weighted by Crippen LogP contribution is 2.33. The average molecular weight is 240 g/mol. The number of aromatic hydroxyl groups is 1. The molecule has 0 radical (unpaired) electrons. The van der Waals surface area contributed by atoms with E-state index in [1.165, 1.54) is 4.57 Å². The molecular weight excluding hydrogens is 224 g/mol. The lowest BCUT2D eigenvalue weighted by molar-refractivity contribution is -0.00793. The van der Waals surface area contributed by atoms with Crippen molar-refractivity contribution in [1.82, 2.24) is 9.55 Å². The molecule has 1 fully saturated rings. The largest absolute Gasteiger partial charge is 0.502 e. The van der Waals surface area contributed by atoms with E-state index in [0.29, 0.717) is 12.3 Å². The third kappa shape index (κ3) is 2.12. The van der Waals surface area contributed by atoms with Crippen molar-refractivity contribution < 1.29 is 9.84 Å². The molecule has 6 nitrogen and oxygen atoms in total. The van der Waals surface area contributed by atoms with Crippen LogP contribution >= 0.6 is 0 Å². The van der Waals surface area contributed by atoms with Gasteiger partial charge in [-0.05, 0) is 18.8 Å². The molecule has 0 spiro atoms. The molecule has 1 aromatic rings. The van der Waals surface area contributed by atoms with Gasteiger partial charge in [-0.25, -0.2) is 4.79 Å². The van der Waals surface area contributed by atoms with Crippen molar-refractivity contribution >= 4 is 0 Å². The highest BCUT2D eigenvalue weighted by molar-refractivity contribution is 5.09. The maximum absolute atomic E-state index is 11.6. The minimum atomic E-state index is -0.774. The predicted octanol–water partition coefficient (Wildman–Crippen LogP) is 0.576. The van der Waals surface area contributed by atoms with Crippen molar-refractivity contribution in [2.45, 2.75) is 39.0 Å². The molecule has 3 atom stereocenters. The normalized spacial score (nSPS) is 28.5. The molecule has 6 heteroatoms. The van der Waals surface area contributed by atoms with Gasteiger partial charge in [-0.15, -0.1) is 0 Å². The van der Waals surface area contributed by atoms with Gasteiger partial charge in [0.15, 0.2) is 5.75 Å². The maximum atomic E-state index is 11.6. The van der Waals surface area contributed by atoms with E-state index < -0.39 is 23.2 Å². The Balaban J connectivity index is 2.34. The minimum Gasteiger partial charge on any atom is -0.502 e. The first-order chi connectivity index (χ1) is 8.02. The molecule has 94 valence electrons. The smallest absolute Gasteiger partial charge is 0.330 e. The maximum Gasteiger partial charge on any atom is 0.330 e. The van der Waals surface area contributed by atoms with Crippen LogP contribution in [0.3, 0.4) is 0 Å². The Morgan fingerprint density at radius 1 is 1.59 bits per heavy atom. The summed E-state index contributed by atoms with van der Waals surface area (Å²) >= 11 is 0. The summed E-state index contributed by atoms with van der Waals surface area (Å²) in [6.45, 7) is 4.08. The van der Waals surface area contributed by atoms with Gasteiger partial charge in [0.25, 0.3) is 5.56 Å². The van der Waals surface area contributed by atoms with Gasteiger partial charge in [0.2, 0.25) is 0 Å². The van der Waals surface area contributed by atoms with E-state index in [1.807, 2.05) is 6.92 Å². The molecule has 0 bridgehead atoms. The summed E-state index contributed by atoms with van der Waals surface area (Å²) in [4.78, 5) is 24.7. The topological polar surface area (TPSA) is 84.3 Å². The number of aromatic nitrogens is 2. The number of rotatable bonds is 2. The second kappa shape index (κ2) is 4.37. The van der Waals surface area contributed by atoms with Crippen molar-refractivity contribution in [2.24, 2.45) is 5.92 Å². The second-order valence-corrected chi connectivity index (χ2v) is 4.43. The molecule has 2 rings (SSSR count). The van der Waals surface area contributed by atoms with Gasteiger partial charge in [0, 0.05) is 0 Å². The van der Waals surface area contributed by atoms with Gasteiger partial charge >= 0.3 is 5.69 Å². The third-order valence-electron chi connectivity index (χ3n) is 3.20. The lowest BCUT2D eigenvalue weighted by Gasteiger charge is -2.14. The Morgan fingerprint density at radius 2 is 2.29 bits per heavy atom. The highest BCUT2D eigenvalue weighted by Gasteiger charge is 2.32. The van der Waals surface area contributed by atoms with E-state index in [4.69, 9.17) is 4.74 Å². The van der Waals surface area contributed by atoms with Crippen LogP contribution in [0.1, 0.15) is 32.9 Å². The molecular formula is C11H16N2O4. The summed E-state index contributed by atoms with van der Waals surface area (Å²) in [6.07, 6.45) is 2.41. The fourth-order valence-electron chi connectivity index (χ4n) is 2.23. The van der Waals surface area contributed by atoms with E-state index >= 15 is 0 Å². The zero-order valence-corrected chi connectivity index (χ0v) is 9.84. The number of ether oxygens (including phenoxy) is 1. The minimum absolute atomic E-state index is 0.112. The lowest BCUT2D eigenvalue weighted by Crippen LogP contribution is -2.31. The third-order valence-corrected chi connectivity index (χ3v) is 3.20. The van der Waals surface area contributed by atoms with Crippen molar-refractivity contribution in [3.05, 3.63) is 27.0 Å². The number of hydrogen-bond acceptors (Lipinski definition) is 4. The Bertz CT molecular complexity index is 519. The van der Waals surface area contributed by atoms with Gasteiger partial charge < -0.3 is 9.84 Å². The summed E-state index contributed by atoms with van der Waals surface area (Å²) in [5.41, 5.74) is -1.33. The predicted molar refractivity (Wildman–Crippen MR) is 61.0 cm³/mol. The van der Waals surface area contributed by atoms with Gasteiger partial charge in [0.05, 0.1) is 12.3 Å². The Labute approximate surface area is 97.9 Å². The van der Waals surface area contributed by atoms with Crippen LogP contribution in [-0.2, 0) is 4.74 Å². The van der Waals surface area contributed by atoms with Gasteiger partial charge in [-0.1, -0.05) is 13.8 Å². The quantitative estimate of drug-likeness (QED) is 0.791. The van der Waals surface area contributed by atoms with Crippen LogP contribution < -0.4 is 11.2 Å². The number of nitrogens with one attached hydrogen (secondary N) is 1. The average Bonchev–Trinajstić information content (AvgIpc) is 2.65. The molecule has 0 amide bonds. The molecule has 1 unspecified atom stereocenters. The zero-order valence-electron chi connectivity index (χ0n) is 9.84. The van der Waals surface area contributed by atoms with Crippen molar-refractivity contribution in [2.75, 3.05) is 0 Å². The lowest BCUT2D eigenvalue weighted by atomic mass is 10.0. The first kappa shape index (κ1) is 11.9. The van der Waals surface area contributed by atoms with E-state index in [9.17, 15) is 14.7 Å². The summed E-state index contributed by atoms with van der Waals surface area (Å²) in [5, 5.41) is 9.31. The van der Waals surface area contributed by atoms with Crippen LogP contribution in [0.15, 0.2) is 15.8 Å². The van der Waals surface area contributed by atoms with Crippen LogP contribution in [-0.4, -0.2) is 20.8 Å². The number of hydrogen-bond donors (Lipinski definition) is 2. The van der Waals surface area contributed by atoms with E-state index in [1.54, 1.807) is 0 Å². The molecule has 1 saturated heterocycles. The molecule has 0 saturated carbocycles. The summed E-state index contributed by atoms with van der Waals surface area (Å²) < 4.78 is 6.95. The molecule has 0 aliphatic carbocycles. The standard InChI is InChI=1S/C11H16N2O4/c1-3-8-6(2)4-9(17-8)13-5-7(14)10(15)12-11(13)16/h5-6,8-9,14H,3-4H2,1-2H3,(H,12,15,16)/t6?,8-,9-/m1/s1. The summed E-state index contributed by atoms with van der Waals surface area (Å²) in [6, 6.07) is 0. The van der Waals surface area contributed by atoms with E-state index in [0.717, 1.165) is 12.6 Å². The second-order valence-electron chi connectivity index (χ2n) is 4.43.